The molecule has 0 aliphatic rings. The minimum atomic E-state index is -0.770. The monoisotopic (exact) mass is 1060 g/mol. The van der Waals surface area contributed by atoms with Crippen LogP contribution in [0.25, 0.3) is 0 Å². The van der Waals surface area contributed by atoms with E-state index in [0.717, 1.165) is 89.9 Å². The van der Waals surface area contributed by atoms with Crippen molar-refractivity contribution in [3.8, 4) is 0 Å². The highest BCUT2D eigenvalue weighted by Gasteiger charge is 2.19. The van der Waals surface area contributed by atoms with Crippen LogP contribution in [-0.4, -0.2) is 37.2 Å². The Hall–Kier alpha value is -2.89. The van der Waals surface area contributed by atoms with Gasteiger partial charge in [-0.2, -0.15) is 0 Å². The molecular formula is C70H126O6. The number of unbranched alkanes of at least 4 members (excludes halogenated alkanes) is 40. The van der Waals surface area contributed by atoms with Gasteiger partial charge in [-0.3, -0.25) is 14.4 Å². The van der Waals surface area contributed by atoms with Gasteiger partial charge in [0.2, 0.25) is 0 Å². The number of hydrogen-bond acceptors (Lipinski definition) is 6. The highest BCUT2D eigenvalue weighted by atomic mass is 16.6. The fourth-order valence-corrected chi connectivity index (χ4v) is 9.83. The van der Waals surface area contributed by atoms with E-state index in [1.165, 1.54) is 218 Å². The smallest absolute Gasteiger partial charge is 0.306 e. The minimum Gasteiger partial charge on any atom is -0.462 e. The second-order valence-corrected chi connectivity index (χ2v) is 22.4. The number of carbonyl (C=O) groups excluding carboxylic acids is 3. The van der Waals surface area contributed by atoms with Crippen LogP contribution in [0.15, 0.2) is 60.8 Å². The Bertz CT molecular complexity index is 1360. The van der Waals surface area contributed by atoms with Crippen LogP contribution in [0.4, 0.5) is 0 Å². The summed E-state index contributed by atoms with van der Waals surface area (Å²) >= 11 is 0. The molecule has 0 aliphatic carbocycles. The lowest BCUT2D eigenvalue weighted by molar-refractivity contribution is -0.167. The molecule has 0 bridgehead atoms. The van der Waals surface area contributed by atoms with Gasteiger partial charge < -0.3 is 14.2 Å². The van der Waals surface area contributed by atoms with Crippen LogP contribution in [0.3, 0.4) is 0 Å². The van der Waals surface area contributed by atoms with Crippen molar-refractivity contribution in [2.24, 2.45) is 0 Å². The summed E-state index contributed by atoms with van der Waals surface area (Å²) < 4.78 is 17.0. The van der Waals surface area contributed by atoms with Crippen molar-refractivity contribution < 1.29 is 28.6 Å². The van der Waals surface area contributed by atoms with Crippen LogP contribution in [0.5, 0.6) is 0 Å². The van der Waals surface area contributed by atoms with Gasteiger partial charge in [-0.1, -0.05) is 326 Å². The zero-order valence-electron chi connectivity index (χ0n) is 50.8. The van der Waals surface area contributed by atoms with E-state index in [4.69, 9.17) is 14.2 Å². The third kappa shape index (κ3) is 62.0. The lowest BCUT2D eigenvalue weighted by Gasteiger charge is -2.18. The van der Waals surface area contributed by atoms with Gasteiger partial charge in [0.15, 0.2) is 6.10 Å². The summed E-state index contributed by atoms with van der Waals surface area (Å²) in [5.74, 6) is -0.845. The number of rotatable bonds is 61. The molecule has 0 radical (unpaired) electrons. The lowest BCUT2D eigenvalue weighted by Crippen LogP contribution is -2.30. The summed E-state index contributed by atoms with van der Waals surface area (Å²) in [6.07, 6.45) is 82.3. The van der Waals surface area contributed by atoms with Crippen LogP contribution in [0, 0.1) is 0 Å². The fourth-order valence-electron chi connectivity index (χ4n) is 9.83. The molecule has 0 spiro atoms. The number of hydrogen-bond donors (Lipinski definition) is 0. The van der Waals surface area contributed by atoms with E-state index in [9.17, 15) is 14.4 Å². The Morgan fingerprint density at radius 1 is 0.276 bits per heavy atom. The Labute approximate surface area is 472 Å². The largest absolute Gasteiger partial charge is 0.462 e. The van der Waals surface area contributed by atoms with Gasteiger partial charge in [-0.05, 0) is 64.2 Å². The molecule has 0 fully saturated rings. The molecule has 76 heavy (non-hydrogen) atoms. The molecule has 0 amide bonds. The Kier molecular flexibility index (Phi) is 62.2. The Morgan fingerprint density at radius 3 is 0.803 bits per heavy atom. The van der Waals surface area contributed by atoms with Crippen LogP contribution >= 0.6 is 0 Å². The fraction of sp³-hybridized carbons (Fsp3) is 0.814. The molecule has 0 aromatic heterocycles. The van der Waals surface area contributed by atoms with Gasteiger partial charge in [-0.25, -0.2) is 0 Å². The molecule has 0 aromatic carbocycles. The SMILES string of the molecule is CC/C=C\C/C=C\C/C=C\C/C=C\C/C=C\CCCCCCCCCCCCCCCC(=O)OCC(COC(=O)CCCCCCCCCCCCCCCC)OC(=O)CCCCCCCCCCCCCCCCC. The molecule has 442 valence electrons. The van der Waals surface area contributed by atoms with Gasteiger partial charge in [0.05, 0.1) is 0 Å². The average Bonchev–Trinajstić information content (AvgIpc) is 3.42. The normalized spacial score (nSPS) is 12.4. The van der Waals surface area contributed by atoms with E-state index >= 15 is 0 Å². The van der Waals surface area contributed by atoms with E-state index < -0.39 is 6.10 Å². The molecule has 6 heteroatoms. The van der Waals surface area contributed by atoms with Crippen LogP contribution in [0.2, 0.25) is 0 Å². The van der Waals surface area contributed by atoms with E-state index in [2.05, 4.69) is 81.5 Å². The van der Waals surface area contributed by atoms with E-state index in [0.29, 0.717) is 19.3 Å². The van der Waals surface area contributed by atoms with Crippen molar-refractivity contribution in [3.63, 3.8) is 0 Å². The first-order valence-corrected chi connectivity index (χ1v) is 33.3. The summed E-state index contributed by atoms with van der Waals surface area (Å²) in [5.41, 5.74) is 0. The standard InChI is InChI=1S/C70H126O6/c1-4-7-10-13-16-19-22-25-28-29-30-31-32-33-34-35-36-37-38-39-40-41-43-45-48-51-54-57-60-63-69(72)75-66-67(65-74-68(71)62-59-56-53-50-47-44-27-24-21-18-15-12-9-6-3)76-70(73)64-61-58-55-52-49-46-42-26-23-20-17-14-11-8-5-2/h7,10,16,19,25,28,30-31,33-34,67H,4-6,8-9,11-15,17-18,20-24,26-27,29,32,35-66H2,1-3H3/b10-7-,19-16-,28-25-,31-30-,34-33-. The maximum atomic E-state index is 12.9. The summed E-state index contributed by atoms with van der Waals surface area (Å²) in [6.45, 7) is 6.58. The van der Waals surface area contributed by atoms with E-state index in [1.54, 1.807) is 0 Å². The number of esters is 3. The first-order chi connectivity index (χ1) is 37.5. The summed E-state index contributed by atoms with van der Waals surface area (Å²) in [4.78, 5) is 38.3. The first-order valence-electron chi connectivity index (χ1n) is 33.3. The predicted molar refractivity (Wildman–Crippen MR) is 330 cm³/mol. The van der Waals surface area contributed by atoms with Crippen molar-refractivity contribution >= 4 is 17.9 Å². The molecular weight excluding hydrogens is 937 g/mol. The quantitative estimate of drug-likeness (QED) is 0.0261. The molecule has 0 aromatic rings. The minimum absolute atomic E-state index is 0.0677. The topological polar surface area (TPSA) is 78.9 Å². The number of carbonyl (C=O) groups is 3. The maximum Gasteiger partial charge on any atom is 0.306 e. The van der Waals surface area contributed by atoms with Crippen LogP contribution < -0.4 is 0 Å². The van der Waals surface area contributed by atoms with Gasteiger partial charge in [0.1, 0.15) is 13.2 Å². The third-order valence-corrected chi connectivity index (χ3v) is 14.8. The molecule has 0 saturated heterocycles. The van der Waals surface area contributed by atoms with E-state index in [1.807, 2.05) is 0 Å². The molecule has 0 aliphatic heterocycles. The van der Waals surface area contributed by atoms with Crippen LogP contribution in [-0.2, 0) is 28.6 Å². The van der Waals surface area contributed by atoms with Crippen molar-refractivity contribution in [3.05, 3.63) is 60.8 Å². The zero-order chi connectivity index (χ0) is 55.0. The van der Waals surface area contributed by atoms with Crippen molar-refractivity contribution in [2.45, 2.75) is 354 Å². The highest BCUT2D eigenvalue weighted by Crippen LogP contribution is 2.18. The van der Waals surface area contributed by atoms with Crippen LogP contribution in [0.1, 0.15) is 348 Å². The molecule has 1 atom stereocenters. The molecule has 6 nitrogen and oxygen atoms in total. The highest BCUT2D eigenvalue weighted by molar-refractivity contribution is 5.71. The third-order valence-electron chi connectivity index (χ3n) is 14.8. The van der Waals surface area contributed by atoms with Gasteiger partial charge in [-0.15, -0.1) is 0 Å². The zero-order valence-corrected chi connectivity index (χ0v) is 50.8. The second-order valence-electron chi connectivity index (χ2n) is 22.4. The van der Waals surface area contributed by atoms with Gasteiger partial charge in [0.25, 0.3) is 0 Å². The Morgan fingerprint density at radius 2 is 0.513 bits per heavy atom. The predicted octanol–water partition coefficient (Wildman–Crippen LogP) is 22.7. The molecule has 0 saturated carbocycles. The van der Waals surface area contributed by atoms with Crippen molar-refractivity contribution in [1.82, 2.24) is 0 Å². The molecule has 0 heterocycles. The summed E-state index contributed by atoms with van der Waals surface area (Å²) in [6, 6.07) is 0. The average molecular weight is 1060 g/mol. The second kappa shape index (κ2) is 64.6. The molecule has 0 rings (SSSR count). The van der Waals surface area contributed by atoms with E-state index in [-0.39, 0.29) is 31.1 Å². The van der Waals surface area contributed by atoms with Crippen molar-refractivity contribution in [1.29, 1.82) is 0 Å². The Balaban J connectivity index is 4.21. The maximum absolute atomic E-state index is 12.9. The number of allylic oxidation sites excluding steroid dienone is 10. The van der Waals surface area contributed by atoms with Gasteiger partial charge in [0, 0.05) is 19.3 Å². The molecule has 1 unspecified atom stereocenters. The lowest BCUT2D eigenvalue weighted by atomic mass is 10.0. The molecule has 0 N–H and O–H groups in total. The van der Waals surface area contributed by atoms with Crippen molar-refractivity contribution in [2.75, 3.05) is 13.2 Å². The number of ether oxygens (including phenoxy) is 3. The van der Waals surface area contributed by atoms with Gasteiger partial charge >= 0.3 is 17.9 Å². The summed E-state index contributed by atoms with van der Waals surface area (Å²) in [7, 11) is 0. The summed E-state index contributed by atoms with van der Waals surface area (Å²) in [5, 5.41) is 0. The first kappa shape index (κ1) is 73.1.